The minimum atomic E-state index is -1.05. The van der Waals surface area contributed by atoms with Crippen LogP contribution in [0.2, 0.25) is 0 Å². The van der Waals surface area contributed by atoms with Crippen LogP contribution >= 0.6 is 0 Å². The highest BCUT2D eigenvalue weighted by Crippen LogP contribution is 2.10. The van der Waals surface area contributed by atoms with E-state index in [-0.39, 0.29) is 0 Å². The van der Waals surface area contributed by atoms with E-state index in [0.29, 0.717) is 0 Å². The number of anilines is 1. The summed E-state index contributed by atoms with van der Waals surface area (Å²) in [7, 11) is 3.93. The summed E-state index contributed by atoms with van der Waals surface area (Å²) >= 11 is 0. The Morgan fingerprint density at radius 1 is 1.41 bits per heavy atom. The lowest BCUT2D eigenvalue weighted by Gasteiger charge is -2.11. The summed E-state index contributed by atoms with van der Waals surface area (Å²) in [6, 6.07) is 7.70. The zero-order valence-electron chi connectivity index (χ0n) is 10.2. The van der Waals surface area contributed by atoms with Crippen LogP contribution in [-0.4, -0.2) is 37.4 Å². The second kappa shape index (κ2) is 6.00. The third-order valence-corrected chi connectivity index (χ3v) is 2.18. The number of rotatable bonds is 4. The Morgan fingerprint density at radius 3 is 2.47 bits per heavy atom. The lowest BCUT2D eigenvalue weighted by atomic mass is 10.2. The summed E-state index contributed by atoms with van der Waals surface area (Å²) in [5, 5.41) is 12.7. The first kappa shape index (κ1) is 13.2. The predicted molar refractivity (Wildman–Crippen MR) is 68.2 cm³/mol. The molecule has 0 bridgehead atoms. The van der Waals surface area contributed by atoms with Gasteiger partial charge in [-0.25, -0.2) is 5.43 Å². The summed E-state index contributed by atoms with van der Waals surface area (Å²) in [6.45, 7) is 1.39. The lowest BCUT2D eigenvalue weighted by Crippen LogP contribution is -2.28. The Kier molecular flexibility index (Phi) is 4.66. The van der Waals surface area contributed by atoms with Crippen LogP contribution in [0.1, 0.15) is 12.5 Å². The smallest absolute Gasteiger partial charge is 0.268 e. The van der Waals surface area contributed by atoms with Crippen molar-refractivity contribution in [2.45, 2.75) is 13.0 Å². The highest BCUT2D eigenvalue weighted by atomic mass is 16.3. The summed E-state index contributed by atoms with van der Waals surface area (Å²) in [6.07, 6.45) is 0.475. The molecule has 0 aliphatic heterocycles. The van der Waals surface area contributed by atoms with Gasteiger partial charge in [0.1, 0.15) is 6.10 Å². The molecular weight excluding hydrogens is 218 g/mol. The molecule has 1 atom stereocenters. The van der Waals surface area contributed by atoms with E-state index in [1.54, 1.807) is 0 Å². The molecule has 0 fully saturated rings. The third-order valence-electron chi connectivity index (χ3n) is 2.18. The maximum Gasteiger partial charge on any atom is 0.268 e. The summed E-state index contributed by atoms with van der Waals surface area (Å²) < 4.78 is 0. The van der Waals surface area contributed by atoms with Gasteiger partial charge in [0, 0.05) is 19.8 Å². The van der Waals surface area contributed by atoms with Crippen LogP contribution in [0, 0.1) is 0 Å². The standard InChI is InChI=1S/C12H17N3O2/c1-9(16)12(17)14-13-8-10-4-6-11(7-5-10)15(2)3/h4-9,16H,1-3H3,(H,14,17)/b13-8-/t9-/m0/s1. The number of aliphatic hydroxyl groups is 1. The molecule has 2 N–H and O–H groups in total. The highest BCUT2D eigenvalue weighted by Gasteiger charge is 2.05. The number of hydrogen-bond donors (Lipinski definition) is 2. The molecule has 0 unspecified atom stereocenters. The molecular formula is C12H17N3O2. The van der Waals surface area contributed by atoms with Crippen LogP contribution in [0.4, 0.5) is 5.69 Å². The highest BCUT2D eigenvalue weighted by molar-refractivity contribution is 5.84. The molecule has 5 heteroatoms. The molecule has 1 aromatic carbocycles. The summed E-state index contributed by atoms with van der Waals surface area (Å²) in [5.74, 6) is -0.522. The van der Waals surface area contributed by atoms with Crippen molar-refractivity contribution in [2.75, 3.05) is 19.0 Å². The topological polar surface area (TPSA) is 64.9 Å². The maximum absolute atomic E-state index is 11.0. The molecule has 92 valence electrons. The van der Waals surface area contributed by atoms with Gasteiger partial charge in [-0.1, -0.05) is 12.1 Å². The first-order valence-corrected chi connectivity index (χ1v) is 5.29. The van der Waals surface area contributed by atoms with Gasteiger partial charge < -0.3 is 10.0 Å². The average Bonchev–Trinajstić information content (AvgIpc) is 2.29. The van der Waals surface area contributed by atoms with Crippen molar-refractivity contribution >= 4 is 17.8 Å². The Morgan fingerprint density at radius 2 is 2.00 bits per heavy atom. The zero-order chi connectivity index (χ0) is 12.8. The van der Waals surface area contributed by atoms with E-state index in [0.717, 1.165) is 11.3 Å². The quantitative estimate of drug-likeness (QED) is 0.593. The first-order valence-electron chi connectivity index (χ1n) is 5.29. The van der Waals surface area contributed by atoms with E-state index >= 15 is 0 Å². The van der Waals surface area contributed by atoms with Crippen LogP contribution in [0.5, 0.6) is 0 Å². The minimum Gasteiger partial charge on any atom is -0.383 e. The number of nitrogens with one attached hydrogen (secondary N) is 1. The van der Waals surface area contributed by atoms with Gasteiger partial charge in [0.15, 0.2) is 0 Å². The van der Waals surface area contributed by atoms with Crippen LogP contribution in [0.25, 0.3) is 0 Å². The van der Waals surface area contributed by atoms with Crippen molar-refractivity contribution < 1.29 is 9.90 Å². The monoisotopic (exact) mass is 235 g/mol. The van der Waals surface area contributed by atoms with Crippen LogP contribution < -0.4 is 10.3 Å². The predicted octanol–water partition coefficient (Wildman–Crippen LogP) is 0.583. The average molecular weight is 235 g/mol. The van der Waals surface area contributed by atoms with E-state index in [2.05, 4.69) is 10.5 Å². The number of hydrazone groups is 1. The van der Waals surface area contributed by atoms with Gasteiger partial charge in [-0.3, -0.25) is 4.79 Å². The van der Waals surface area contributed by atoms with Gasteiger partial charge in [0.2, 0.25) is 0 Å². The molecule has 1 amide bonds. The van der Waals surface area contributed by atoms with E-state index in [1.807, 2.05) is 43.3 Å². The maximum atomic E-state index is 11.0. The number of hydrogen-bond acceptors (Lipinski definition) is 4. The molecule has 0 aromatic heterocycles. The molecule has 0 spiro atoms. The van der Waals surface area contributed by atoms with Crippen LogP contribution in [0.15, 0.2) is 29.4 Å². The van der Waals surface area contributed by atoms with Gasteiger partial charge >= 0.3 is 0 Å². The summed E-state index contributed by atoms with van der Waals surface area (Å²) in [5.41, 5.74) is 4.21. The SMILES string of the molecule is C[C@H](O)C(=O)N/N=C\c1ccc(N(C)C)cc1. The van der Waals surface area contributed by atoms with Crippen molar-refractivity contribution in [1.82, 2.24) is 5.43 Å². The number of benzene rings is 1. The number of aliphatic hydroxyl groups excluding tert-OH is 1. The third kappa shape index (κ3) is 4.24. The Hall–Kier alpha value is -1.88. The van der Waals surface area contributed by atoms with E-state index in [9.17, 15) is 4.79 Å². The molecule has 0 aliphatic carbocycles. The molecule has 5 nitrogen and oxygen atoms in total. The lowest BCUT2D eigenvalue weighted by molar-refractivity contribution is -0.128. The number of carbonyl (C=O) groups excluding carboxylic acids is 1. The fourth-order valence-corrected chi connectivity index (χ4v) is 1.12. The largest absolute Gasteiger partial charge is 0.383 e. The van der Waals surface area contributed by atoms with Gasteiger partial charge in [-0.2, -0.15) is 5.10 Å². The van der Waals surface area contributed by atoms with Crippen molar-refractivity contribution in [3.8, 4) is 0 Å². The van der Waals surface area contributed by atoms with Crippen LogP contribution in [-0.2, 0) is 4.79 Å². The Labute approximate surface area is 101 Å². The fourth-order valence-electron chi connectivity index (χ4n) is 1.12. The molecule has 0 radical (unpaired) electrons. The molecule has 0 saturated carbocycles. The Balaban J connectivity index is 2.57. The number of carbonyl (C=O) groups is 1. The zero-order valence-corrected chi connectivity index (χ0v) is 10.2. The van der Waals surface area contributed by atoms with Crippen LogP contribution in [0.3, 0.4) is 0 Å². The van der Waals surface area contributed by atoms with E-state index in [1.165, 1.54) is 13.1 Å². The molecule has 0 saturated heterocycles. The molecule has 17 heavy (non-hydrogen) atoms. The van der Waals surface area contributed by atoms with Crippen molar-refractivity contribution in [3.63, 3.8) is 0 Å². The van der Waals surface area contributed by atoms with Gasteiger partial charge in [0.25, 0.3) is 5.91 Å². The fraction of sp³-hybridized carbons (Fsp3) is 0.333. The molecule has 0 aliphatic rings. The Bertz CT molecular complexity index is 397. The van der Waals surface area contributed by atoms with Crippen molar-refractivity contribution in [2.24, 2.45) is 5.10 Å². The second-order valence-corrected chi connectivity index (χ2v) is 3.90. The first-order chi connectivity index (χ1) is 8.00. The normalized spacial score (nSPS) is 12.5. The minimum absolute atomic E-state index is 0.522. The second-order valence-electron chi connectivity index (χ2n) is 3.90. The van der Waals surface area contributed by atoms with E-state index in [4.69, 9.17) is 5.11 Å². The van der Waals surface area contributed by atoms with Gasteiger partial charge in [-0.15, -0.1) is 0 Å². The molecule has 0 heterocycles. The van der Waals surface area contributed by atoms with E-state index < -0.39 is 12.0 Å². The summed E-state index contributed by atoms with van der Waals surface area (Å²) in [4.78, 5) is 13.0. The van der Waals surface area contributed by atoms with Gasteiger partial charge in [0.05, 0.1) is 6.21 Å². The van der Waals surface area contributed by atoms with Crippen molar-refractivity contribution in [1.29, 1.82) is 0 Å². The number of nitrogens with zero attached hydrogens (tertiary/aromatic N) is 2. The van der Waals surface area contributed by atoms with Gasteiger partial charge in [-0.05, 0) is 24.6 Å². The molecule has 1 rings (SSSR count). The van der Waals surface area contributed by atoms with Crippen molar-refractivity contribution in [3.05, 3.63) is 29.8 Å². The molecule has 1 aromatic rings. The number of amides is 1.